The molecule has 0 aliphatic carbocycles. The zero-order valence-electron chi connectivity index (χ0n) is 10.4. The number of halogens is 4. The molecule has 0 amide bonds. The number of alkyl halides is 3. The molecule has 19 heavy (non-hydrogen) atoms. The summed E-state index contributed by atoms with van der Waals surface area (Å²) in [5, 5.41) is -0.497. The van der Waals surface area contributed by atoms with Crippen LogP contribution in [0.15, 0.2) is 24.3 Å². The highest BCUT2D eigenvalue weighted by atomic mass is 31.2. The molecule has 1 aromatic rings. The van der Waals surface area contributed by atoms with E-state index in [1.54, 1.807) is 0 Å². The molecule has 108 valence electrons. The van der Waals surface area contributed by atoms with Crippen LogP contribution in [0.5, 0.6) is 0 Å². The van der Waals surface area contributed by atoms with Gasteiger partial charge in [0.25, 0.3) is 0 Å². The average molecular weight is 298 g/mol. The molecule has 0 aliphatic heterocycles. The topological polar surface area (TPSA) is 26.3 Å². The summed E-state index contributed by atoms with van der Waals surface area (Å²) in [5.74, 6) is -0.938. The van der Waals surface area contributed by atoms with Gasteiger partial charge in [0.05, 0.1) is 11.9 Å². The zero-order chi connectivity index (χ0) is 14.5. The summed E-state index contributed by atoms with van der Waals surface area (Å²) in [6.07, 6.45) is -5.17. The molecule has 0 N–H and O–H groups in total. The SMILES string of the molecule is CCCCOP(=O)(CC(F)(F)F)c1ccccc1F. The van der Waals surface area contributed by atoms with Crippen molar-refractivity contribution in [2.24, 2.45) is 0 Å². The molecule has 0 saturated carbocycles. The normalized spacial score (nSPS) is 15.2. The summed E-state index contributed by atoms with van der Waals surface area (Å²) in [5.41, 5.74) is 0. The van der Waals surface area contributed by atoms with E-state index in [0.717, 1.165) is 12.1 Å². The maximum atomic E-state index is 13.5. The molecule has 2 nitrogen and oxygen atoms in total. The van der Waals surface area contributed by atoms with E-state index in [4.69, 9.17) is 4.52 Å². The maximum absolute atomic E-state index is 13.5. The number of benzene rings is 1. The van der Waals surface area contributed by atoms with Crippen LogP contribution < -0.4 is 5.30 Å². The molecule has 0 spiro atoms. The van der Waals surface area contributed by atoms with E-state index in [2.05, 4.69) is 0 Å². The van der Waals surface area contributed by atoms with E-state index in [0.29, 0.717) is 12.8 Å². The highest BCUT2D eigenvalue weighted by Gasteiger charge is 2.42. The summed E-state index contributed by atoms with van der Waals surface area (Å²) < 4.78 is 68.3. The Morgan fingerprint density at radius 3 is 2.42 bits per heavy atom. The minimum atomic E-state index is -4.68. The van der Waals surface area contributed by atoms with E-state index < -0.39 is 30.8 Å². The molecular weight excluding hydrogens is 283 g/mol. The van der Waals surface area contributed by atoms with E-state index in [-0.39, 0.29) is 6.61 Å². The predicted molar refractivity (Wildman–Crippen MR) is 65.4 cm³/mol. The largest absolute Gasteiger partial charge is 0.398 e. The van der Waals surface area contributed by atoms with Gasteiger partial charge < -0.3 is 4.52 Å². The van der Waals surface area contributed by atoms with E-state index in [1.807, 2.05) is 6.92 Å². The van der Waals surface area contributed by atoms with Crippen molar-refractivity contribution in [1.82, 2.24) is 0 Å². The van der Waals surface area contributed by atoms with Crippen LogP contribution in [0.4, 0.5) is 17.6 Å². The van der Waals surface area contributed by atoms with Gasteiger partial charge in [0.1, 0.15) is 12.0 Å². The Kier molecular flexibility index (Phi) is 5.56. The van der Waals surface area contributed by atoms with Crippen molar-refractivity contribution in [1.29, 1.82) is 0 Å². The molecule has 0 aliphatic rings. The number of unbranched alkanes of at least 4 members (excludes halogenated alkanes) is 1. The molecule has 1 atom stereocenters. The third kappa shape index (κ3) is 4.96. The van der Waals surface area contributed by atoms with E-state index in [1.165, 1.54) is 12.1 Å². The Balaban J connectivity index is 3.05. The lowest BCUT2D eigenvalue weighted by Crippen LogP contribution is -2.23. The fourth-order valence-corrected chi connectivity index (χ4v) is 3.53. The second-order valence-corrected chi connectivity index (χ2v) is 6.49. The van der Waals surface area contributed by atoms with Crippen LogP contribution in [-0.4, -0.2) is 18.9 Å². The summed E-state index contributed by atoms with van der Waals surface area (Å²) in [6, 6.07) is 4.71. The summed E-state index contributed by atoms with van der Waals surface area (Å²) in [4.78, 5) is 0. The number of hydrogen-bond donors (Lipinski definition) is 0. The van der Waals surface area contributed by atoms with Gasteiger partial charge in [0.2, 0.25) is 7.37 Å². The number of hydrogen-bond acceptors (Lipinski definition) is 2. The lowest BCUT2D eigenvalue weighted by Gasteiger charge is -2.20. The van der Waals surface area contributed by atoms with Crippen molar-refractivity contribution in [3.8, 4) is 0 Å². The molecule has 0 radical (unpaired) electrons. The third-order valence-corrected chi connectivity index (χ3v) is 4.88. The smallest absolute Gasteiger partial charge is 0.325 e. The lowest BCUT2D eigenvalue weighted by atomic mass is 10.3. The van der Waals surface area contributed by atoms with Crippen LogP contribution in [0.3, 0.4) is 0 Å². The van der Waals surface area contributed by atoms with Crippen molar-refractivity contribution in [3.05, 3.63) is 30.1 Å². The van der Waals surface area contributed by atoms with Gasteiger partial charge in [-0.3, -0.25) is 4.57 Å². The van der Waals surface area contributed by atoms with Gasteiger partial charge in [-0.05, 0) is 18.6 Å². The first-order valence-electron chi connectivity index (χ1n) is 5.84. The molecule has 7 heteroatoms. The second kappa shape index (κ2) is 6.53. The fraction of sp³-hybridized carbons (Fsp3) is 0.500. The Hall–Kier alpha value is -0.870. The first-order valence-corrected chi connectivity index (χ1v) is 7.65. The fourth-order valence-electron chi connectivity index (χ4n) is 1.52. The van der Waals surface area contributed by atoms with Gasteiger partial charge in [0, 0.05) is 0 Å². The van der Waals surface area contributed by atoms with Crippen molar-refractivity contribution < 1.29 is 26.7 Å². The molecule has 0 fully saturated rings. The Morgan fingerprint density at radius 2 is 1.89 bits per heavy atom. The molecule has 0 saturated heterocycles. The molecule has 0 heterocycles. The maximum Gasteiger partial charge on any atom is 0.398 e. The predicted octanol–water partition coefficient (Wildman–Crippen LogP) is 4.11. The van der Waals surface area contributed by atoms with Crippen LogP contribution in [0.2, 0.25) is 0 Å². The van der Waals surface area contributed by atoms with Gasteiger partial charge in [-0.15, -0.1) is 0 Å². The van der Waals surface area contributed by atoms with Crippen LogP contribution in [-0.2, 0) is 9.09 Å². The monoisotopic (exact) mass is 298 g/mol. The van der Waals surface area contributed by atoms with Gasteiger partial charge in [-0.25, -0.2) is 4.39 Å². The second-order valence-electron chi connectivity index (χ2n) is 4.08. The average Bonchev–Trinajstić information content (AvgIpc) is 2.27. The summed E-state index contributed by atoms with van der Waals surface area (Å²) >= 11 is 0. The summed E-state index contributed by atoms with van der Waals surface area (Å²) in [6.45, 7) is 1.74. The molecule has 1 unspecified atom stereocenters. The summed E-state index contributed by atoms with van der Waals surface area (Å²) in [7, 11) is -4.26. The zero-order valence-corrected chi connectivity index (χ0v) is 11.3. The highest BCUT2D eigenvalue weighted by Crippen LogP contribution is 2.50. The van der Waals surface area contributed by atoms with Crippen molar-refractivity contribution >= 4 is 12.7 Å². The molecular formula is C12H15F4O2P. The van der Waals surface area contributed by atoms with Gasteiger partial charge >= 0.3 is 6.18 Å². The van der Waals surface area contributed by atoms with Crippen molar-refractivity contribution in [3.63, 3.8) is 0 Å². The van der Waals surface area contributed by atoms with Crippen LogP contribution >= 0.6 is 7.37 Å². The van der Waals surface area contributed by atoms with Crippen molar-refractivity contribution in [2.45, 2.75) is 25.9 Å². The Labute approximate surface area is 109 Å². The Bertz CT molecular complexity index is 459. The minimum Gasteiger partial charge on any atom is -0.325 e. The number of rotatable bonds is 6. The van der Waals surface area contributed by atoms with E-state index >= 15 is 0 Å². The molecule has 0 aromatic heterocycles. The first kappa shape index (κ1) is 16.2. The molecule has 1 aromatic carbocycles. The molecule has 0 bridgehead atoms. The van der Waals surface area contributed by atoms with Gasteiger partial charge in [-0.1, -0.05) is 25.5 Å². The van der Waals surface area contributed by atoms with Crippen LogP contribution in [0.25, 0.3) is 0 Å². The van der Waals surface area contributed by atoms with Crippen LogP contribution in [0, 0.1) is 5.82 Å². The first-order chi connectivity index (χ1) is 8.78. The molecule has 1 rings (SSSR count). The standard InChI is InChI=1S/C12H15F4O2P/c1-2-3-8-18-19(17,9-12(14,15)16)11-7-5-4-6-10(11)13/h4-7H,2-3,8-9H2,1H3. The minimum absolute atomic E-state index is 0.0851. The van der Waals surface area contributed by atoms with E-state index in [9.17, 15) is 22.1 Å². The quantitative estimate of drug-likeness (QED) is 0.449. The lowest BCUT2D eigenvalue weighted by molar-refractivity contribution is -0.108. The van der Waals surface area contributed by atoms with Gasteiger partial charge in [-0.2, -0.15) is 13.2 Å². The highest BCUT2D eigenvalue weighted by molar-refractivity contribution is 7.67. The third-order valence-electron chi connectivity index (χ3n) is 2.40. The van der Waals surface area contributed by atoms with Gasteiger partial charge in [0.15, 0.2) is 0 Å². The van der Waals surface area contributed by atoms with Crippen molar-refractivity contribution in [2.75, 3.05) is 12.8 Å². The van der Waals surface area contributed by atoms with Crippen LogP contribution in [0.1, 0.15) is 19.8 Å². The Morgan fingerprint density at radius 1 is 1.26 bits per heavy atom.